The maximum atomic E-state index is 12.5. The minimum Gasteiger partial charge on any atom is -0.462 e. The van der Waals surface area contributed by atoms with Crippen molar-refractivity contribution in [2.75, 3.05) is 13.2 Å². The number of phosphoric acid groups is 1. The predicted octanol–water partition coefficient (Wildman–Crippen LogP) is 10.8. The van der Waals surface area contributed by atoms with Gasteiger partial charge in [0, 0.05) is 18.8 Å². The summed E-state index contributed by atoms with van der Waals surface area (Å²) < 4.78 is 26.4. The molecule has 55 heavy (non-hydrogen) atoms. The summed E-state index contributed by atoms with van der Waals surface area (Å²) in [5, 5.41) is 10.2. The van der Waals surface area contributed by atoms with Crippen LogP contribution in [0.5, 0.6) is 0 Å². The zero-order chi connectivity index (χ0) is 40.6. The molecule has 3 N–H and O–H groups in total. The molecule has 0 aromatic rings. The first kappa shape index (κ1) is 50.9. The van der Waals surface area contributed by atoms with Gasteiger partial charge in [-0.05, 0) is 50.0 Å². The first-order valence-corrected chi connectivity index (χ1v) is 23.2. The van der Waals surface area contributed by atoms with Crippen LogP contribution in [0.25, 0.3) is 0 Å². The van der Waals surface area contributed by atoms with Crippen molar-refractivity contribution >= 4 is 25.5 Å². The fourth-order valence-corrected chi connectivity index (χ4v) is 7.09. The second kappa shape index (κ2) is 32.9. The third-order valence-corrected chi connectivity index (χ3v) is 10.6. The van der Waals surface area contributed by atoms with Gasteiger partial charge in [0.2, 0.25) is 0 Å². The van der Waals surface area contributed by atoms with Gasteiger partial charge in [-0.15, -0.1) is 0 Å². The Morgan fingerprint density at radius 3 is 1.91 bits per heavy atom. The number of carbonyl (C=O) groups excluding carboxylic acids is 3. The second-order valence-electron chi connectivity index (χ2n) is 15.8. The van der Waals surface area contributed by atoms with E-state index in [0.717, 1.165) is 44.4 Å². The van der Waals surface area contributed by atoms with E-state index < -0.39 is 38.6 Å². The largest absolute Gasteiger partial charge is 0.469 e. The monoisotopic (exact) mass is 797 g/mol. The predicted molar refractivity (Wildman–Crippen MR) is 220 cm³/mol. The molecule has 0 aromatic carbocycles. The van der Waals surface area contributed by atoms with Crippen molar-refractivity contribution in [3.63, 3.8) is 0 Å². The Hall–Kier alpha value is -2.10. The van der Waals surface area contributed by atoms with Gasteiger partial charge >= 0.3 is 19.8 Å². The van der Waals surface area contributed by atoms with Crippen LogP contribution in [0.4, 0.5) is 0 Å². The Balaban J connectivity index is 2.21. The third kappa shape index (κ3) is 30.7. The van der Waals surface area contributed by atoms with E-state index in [2.05, 4.69) is 25.3 Å². The van der Waals surface area contributed by atoms with Crippen LogP contribution in [0.15, 0.2) is 36.5 Å². The molecular formula is C44H77O10P. The number of aliphatic hydroxyl groups excluding tert-OH is 1. The first-order valence-electron chi connectivity index (χ1n) is 21.7. The topological polar surface area (TPSA) is 157 Å². The standard InChI is InChI=1S/C44H77O10P/c1-4-5-21-28-39(45)32-33-41-38(31-34-42(41)46)27-23-19-20-25-30-44(48)54-40(36-53-55(49,50)51)35-52-43(47)29-24-18-16-14-12-10-8-6-7-9-11-13-15-17-22-26-37(2)3/h19,23,31-34,37-41,45H,4-18,20-22,24-30,35-36H2,1-3H3,(H2,49,50,51)/b23-19-,33-32+/t38-,39-,40+,41+/m0/s1. The van der Waals surface area contributed by atoms with Crippen molar-refractivity contribution in [1.29, 1.82) is 0 Å². The van der Waals surface area contributed by atoms with Crippen LogP contribution in [0, 0.1) is 17.8 Å². The number of ether oxygens (including phenoxy) is 2. The van der Waals surface area contributed by atoms with Gasteiger partial charge in [-0.1, -0.05) is 167 Å². The van der Waals surface area contributed by atoms with Crippen LogP contribution in [0.2, 0.25) is 0 Å². The van der Waals surface area contributed by atoms with Crippen LogP contribution in [-0.4, -0.2) is 58.0 Å². The van der Waals surface area contributed by atoms with Crippen molar-refractivity contribution in [1.82, 2.24) is 0 Å². The molecule has 0 aliphatic heterocycles. The molecule has 0 bridgehead atoms. The molecule has 0 aromatic heterocycles. The number of hydrogen-bond donors (Lipinski definition) is 3. The normalized spacial score (nSPS) is 17.2. The molecule has 11 heteroatoms. The molecule has 0 heterocycles. The average Bonchev–Trinajstić information content (AvgIpc) is 3.49. The summed E-state index contributed by atoms with van der Waals surface area (Å²) in [4.78, 5) is 55.4. The van der Waals surface area contributed by atoms with Gasteiger partial charge in [0.05, 0.1) is 12.7 Å². The maximum absolute atomic E-state index is 12.5. The van der Waals surface area contributed by atoms with Gasteiger partial charge in [0.1, 0.15) is 6.61 Å². The number of hydrogen-bond acceptors (Lipinski definition) is 8. The van der Waals surface area contributed by atoms with Crippen molar-refractivity contribution in [3.05, 3.63) is 36.5 Å². The molecule has 0 radical (unpaired) electrons. The van der Waals surface area contributed by atoms with Gasteiger partial charge < -0.3 is 24.4 Å². The van der Waals surface area contributed by atoms with Gasteiger partial charge in [-0.3, -0.25) is 18.9 Å². The lowest BCUT2D eigenvalue weighted by atomic mass is 9.90. The van der Waals surface area contributed by atoms with Gasteiger partial charge in [0.25, 0.3) is 0 Å². The number of allylic oxidation sites excluding steroid dienone is 5. The molecule has 1 aliphatic carbocycles. The summed E-state index contributed by atoms with van der Waals surface area (Å²) in [6, 6.07) is 0. The number of esters is 2. The lowest BCUT2D eigenvalue weighted by Crippen LogP contribution is -2.29. The van der Waals surface area contributed by atoms with Crippen molar-refractivity contribution in [3.8, 4) is 0 Å². The Kier molecular flexibility index (Phi) is 30.5. The van der Waals surface area contributed by atoms with E-state index >= 15 is 0 Å². The molecule has 0 spiro atoms. The van der Waals surface area contributed by atoms with E-state index in [4.69, 9.17) is 19.3 Å². The number of rotatable bonds is 36. The number of unbranched alkanes of at least 4 members (excludes halogenated alkanes) is 17. The molecule has 1 rings (SSSR count). The van der Waals surface area contributed by atoms with E-state index in [1.54, 1.807) is 12.2 Å². The molecule has 0 fully saturated rings. The molecule has 1 aliphatic rings. The minimum absolute atomic E-state index is 0.0173. The highest BCUT2D eigenvalue weighted by molar-refractivity contribution is 7.46. The van der Waals surface area contributed by atoms with Crippen molar-refractivity contribution < 1.29 is 47.8 Å². The lowest BCUT2D eigenvalue weighted by Gasteiger charge is -2.18. The van der Waals surface area contributed by atoms with Crippen LogP contribution < -0.4 is 0 Å². The minimum atomic E-state index is -4.81. The molecule has 0 amide bonds. The van der Waals surface area contributed by atoms with Crippen molar-refractivity contribution in [2.45, 2.75) is 193 Å². The van der Waals surface area contributed by atoms with E-state index in [0.29, 0.717) is 32.1 Å². The highest BCUT2D eigenvalue weighted by atomic mass is 31.2. The third-order valence-electron chi connectivity index (χ3n) is 10.1. The summed E-state index contributed by atoms with van der Waals surface area (Å²) in [7, 11) is -4.81. The van der Waals surface area contributed by atoms with Crippen LogP contribution in [0.3, 0.4) is 0 Å². The number of phosphoric ester groups is 1. The van der Waals surface area contributed by atoms with Crippen LogP contribution >= 0.6 is 7.82 Å². The van der Waals surface area contributed by atoms with E-state index in [1.807, 2.05) is 24.3 Å². The summed E-state index contributed by atoms with van der Waals surface area (Å²) >= 11 is 0. The zero-order valence-corrected chi connectivity index (χ0v) is 35.5. The Morgan fingerprint density at radius 2 is 1.33 bits per heavy atom. The molecule has 318 valence electrons. The Labute approximate surface area is 333 Å². The number of aliphatic hydroxyl groups is 1. The molecule has 0 saturated carbocycles. The Bertz CT molecular complexity index is 1140. The summed E-state index contributed by atoms with van der Waals surface area (Å²) in [6.07, 6.45) is 35.0. The van der Waals surface area contributed by atoms with Crippen LogP contribution in [0.1, 0.15) is 181 Å². The highest BCUT2D eigenvalue weighted by Gasteiger charge is 2.27. The number of carbonyl (C=O) groups is 3. The highest BCUT2D eigenvalue weighted by Crippen LogP contribution is 2.36. The van der Waals surface area contributed by atoms with Gasteiger partial charge in [-0.25, -0.2) is 4.57 Å². The smallest absolute Gasteiger partial charge is 0.462 e. The molecular weight excluding hydrogens is 719 g/mol. The van der Waals surface area contributed by atoms with Gasteiger partial charge in [-0.2, -0.15) is 0 Å². The zero-order valence-electron chi connectivity index (χ0n) is 34.6. The summed E-state index contributed by atoms with van der Waals surface area (Å²) in [6.45, 7) is 5.77. The average molecular weight is 797 g/mol. The molecule has 0 saturated heterocycles. The second-order valence-corrected chi connectivity index (χ2v) is 17.1. The number of ketones is 1. The fraction of sp³-hybridized carbons (Fsp3) is 0.795. The van der Waals surface area contributed by atoms with E-state index in [-0.39, 0.29) is 37.1 Å². The Morgan fingerprint density at radius 1 is 0.764 bits per heavy atom. The quantitative estimate of drug-likeness (QED) is 0.0241. The van der Waals surface area contributed by atoms with Crippen LogP contribution in [-0.2, 0) is 32.9 Å². The van der Waals surface area contributed by atoms with Crippen molar-refractivity contribution in [2.24, 2.45) is 17.8 Å². The molecule has 4 atom stereocenters. The summed E-state index contributed by atoms with van der Waals surface area (Å²) in [5.74, 6) is -0.440. The van der Waals surface area contributed by atoms with E-state index in [9.17, 15) is 24.1 Å². The first-order chi connectivity index (χ1) is 26.4. The molecule has 0 unspecified atom stereocenters. The lowest BCUT2D eigenvalue weighted by molar-refractivity contribution is -0.161. The maximum Gasteiger partial charge on any atom is 0.469 e. The SMILES string of the molecule is CCCCC[C@H](O)/C=C/[C@H]1C(=O)C=C[C@@H]1C/C=C\CCCC(=O)O[C@H](COC(=O)CCCCCCCCCCCCCCCCCC(C)C)COP(=O)(O)O. The van der Waals surface area contributed by atoms with E-state index in [1.165, 1.54) is 77.0 Å². The fourth-order valence-electron chi connectivity index (χ4n) is 6.73. The van der Waals surface area contributed by atoms with Gasteiger partial charge in [0.15, 0.2) is 11.9 Å². The summed E-state index contributed by atoms with van der Waals surface area (Å²) in [5.41, 5.74) is 0. The molecule has 10 nitrogen and oxygen atoms in total.